The van der Waals surface area contributed by atoms with Crippen molar-refractivity contribution in [1.82, 2.24) is 4.98 Å². The van der Waals surface area contributed by atoms with E-state index in [-0.39, 0.29) is 44.8 Å². The molecule has 0 radical (unpaired) electrons. The topological polar surface area (TPSA) is 141 Å². The fourth-order valence-corrected chi connectivity index (χ4v) is 5.67. The molecule has 1 N–H and O–H groups in total. The summed E-state index contributed by atoms with van der Waals surface area (Å²) in [4.78, 5) is 41.8. The minimum atomic E-state index is -4.78. The van der Waals surface area contributed by atoms with Gasteiger partial charge in [-0.2, -0.15) is 8.42 Å². The molecular formula is C26H19NO8S2. The maximum absolute atomic E-state index is 12.8. The highest BCUT2D eigenvalue weighted by Gasteiger charge is 2.29. The molecule has 2 aromatic heterocycles. The van der Waals surface area contributed by atoms with Gasteiger partial charge in [-0.05, 0) is 45.0 Å². The lowest BCUT2D eigenvalue weighted by Crippen LogP contribution is -2.24. The molecule has 9 nitrogen and oxygen atoms in total. The van der Waals surface area contributed by atoms with E-state index in [9.17, 15) is 27.4 Å². The van der Waals surface area contributed by atoms with Gasteiger partial charge in [0.05, 0.1) is 15.8 Å². The van der Waals surface area contributed by atoms with E-state index in [4.69, 9.17) is 9.15 Å². The van der Waals surface area contributed by atoms with Crippen molar-refractivity contribution in [2.75, 3.05) is 6.61 Å². The van der Waals surface area contributed by atoms with Crippen molar-refractivity contribution >= 4 is 54.2 Å². The average molecular weight is 538 g/mol. The molecule has 0 amide bonds. The Morgan fingerprint density at radius 3 is 2.38 bits per heavy atom. The average Bonchev–Trinajstić information content (AvgIpc) is 3.29. The van der Waals surface area contributed by atoms with E-state index < -0.39 is 33.0 Å². The predicted octanol–water partition coefficient (Wildman–Crippen LogP) is 4.50. The number of allylic oxidation sites excluding steroid dienone is 3. The highest BCUT2D eigenvalue weighted by Crippen LogP contribution is 2.34. The first-order valence-corrected chi connectivity index (χ1v) is 13.3. The third-order valence-corrected chi connectivity index (χ3v) is 8.23. The molecule has 5 rings (SSSR count). The minimum Gasteiger partial charge on any atom is -0.487 e. The number of carbonyl (C=O) groups excluding carboxylic acids is 2. The Hall–Kier alpha value is -3.93. The lowest BCUT2D eigenvalue weighted by Gasteiger charge is -2.19. The summed E-state index contributed by atoms with van der Waals surface area (Å²) in [5, 5.41) is 0.606. The van der Waals surface area contributed by atoms with Gasteiger partial charge in [-0.15, -0.1) is 11.3 Å². The molecular weight excluding hydrogens is 518 g/mol. The number of thiazole rings is 1. The van der Waals surface area contributed by atoms with E-state index in [0.717, 1.165) is 16.8 Å². The SMILES string of the molecule is CC1=C(C)C(=O)C(COc2cc3oc(=O)c(-c4nc5ccccc5s4)cc3cc2S(=O)(=O)O)=C(C)C1=O. The summed E-state index contributed by atoms with van der Waals surface area (Å²) in [5.41, 5.74) is 1.01. The van der Waals surface area contributed by atoms with Crippen LogP contribution in [0.15, 0.2) is 78.9 Å². The van der Waals surface area contributed by atoms with E-state index in [0.29, 0.717) is 16.1 Å². The van der Waals surface area contributed by atoms with Crippen molar-refractivity contribution in [2.45, 2.75) is 25.7 Å². The summed E-state index contributed by atoms with van der Waals surface area (Å²) in [6.07, 6.45) is 0. The summed E-state index contributed by atoms with van der Waals surface area (Å²) in [6, 6.07) is 11.0. The van der Waals surface area contributed by atoms with Crippen molar-refractivity contribution in [3.05, 3.63) is 75.2 Å². The molecule has 2 aromatic carbocycles. The molecule has 1 aliphatic rings. The summed E-state index contributed by atoms with van der Waals surface area (Å²) >= 11 is 1.28. The molecule has 37 heavy (non-hydrogen) atoms. The lowest BCUT2D eigenvalue weighted by molar-refractivity contribution is -0.116. The molecule has 11 heteroatoms. The van der Waals surface area contributed by atoms with Crippen LogP contribution in [0.5, 0.6) is 5.75 Å². The molecule has 0 atom stereocenters. The van der Waals surface area contributed by atoms with Gasteiger partial charge in [-0.3, -0.25) is 14.1 Å². The Labute approximate surface area is 214 Å². The summed E-state index contributed by atoms with van der Waals surface area (Å²) in [5.74, 6) is -1.04. The van der Waals surface area contributed by atoms with Crippen molar-refractivity contribution in [2.24, 2.45) is 0 Å². The second kappa shape index (κ2) is 8.87. The Balaban J connectivity index is 1.58. The quantitative estimate of drug-likeness (QED) is 0.221. The van der Waals surface area contributed by atoms with Crippen LogP contribution in [0.1, 0.15) is 20.8 Å². The molecule has 0 fully saturated rings. The number of fused-ring (bicyclic) bond motifs is 2. The third kappa shape index (κ3) is 4.31. The van der Waals surface area contributed by atoms with Crippen LogP contribution < -0.4 is 10.4 Å². The number of ether oxygens (including phenoxy) is 1. The van der Waals surface area contributed by atoms with Gasteiger partial charge in [0.25, 0.3) is 10.1 Å². The number of ketones is 2. The van der Waals surface area contributed by atoms with E-state index in [1.54, 1.807) is 13.0 Å². The van der Waals surface area contributed by atoms with Gasteiger partial charge in [-0.1, -0.05) is 12.1 Å². The third-order valence-electron chi connectivity index (χ3n) is 6.28. The highest BCUT2D eigenvalue weighted by atomic mass is 32.2. The van der Waals surface area contributed by atoms with E-state index >= 15 is 0 Å². The van der Waals surface area contributed by atoms with Crippen LogP contribution >= 0.6 is 11.3 Å². The Morgan fingerprint density at radius 1 is 0.973 bits per heavy atom. The number of Topliss-reactive ketones (excluding diaryl/α,β-unsaturated/α-hetero) is 2. The first kappa shape index (κ1) is 24.8. The first-order chi connectivity index (χ1) is 17.5. The maximum Gasteiger partial charge on any atom is 0.346 e. The van der Waals surface area contributed by atoms with Crippen molar-refractivity contribution in [1.29, 1.82) is 0 Å². The molecule has 2 heterocycles. The van der Waals surface area contributed by atoms with Crippen molar-refractivity contribution in [3.63, 3.8) is 0 Å². The fraction of sp³-hybridized carbons (Fsp3) is 0.154. The maximum atomic E-state index is 12.8. The molecule has 0 spiro atoms. The second-order valence-electron chi connectivity index (χ2n) is 8.55. The number of benzene rings is 2. The molecule has 4 aromatic rings. The van der Waals surface area contributed by atoms with Gasteiger partial charge in [0, 0.05) is 33.7 Å². The number of aromatic nitrogens is 1. The van der Waals surface area contributed by atoms with Crippen LogP contribution in [-0.4, -0.2) is 36.1 Å². The van der Waals surface area contributed by atoms with Crippen molar-refractivity contribution in [3.8, 4) is 16.3 Å². The number of carbonyl (C=O) groups is 2. The minimum absolute atomic E-state index is 0.000862. The number of para-hydroxylation sites is 1. The van der Waals surface area contributed by atoms with Crippen LogP contribution in [0.2, 0.25) is 0 Å². The zero-order chi connectivity index (χ0) is 26.6. The number of rotatable bonds is 5. The van der Waals surface area contributed by atoms with Gasteiger partial charge in [-0.25, -0.2) is 9.78 Å². The summed E-state index contributed by atoms with van der Waals surface area (Å²) in [7, 11) is -4.78. The van der Waals surface area contributed by atoms with Crippen LogP contribution in [0, 0.1) is 0 Å². The Bertz CT molecular complexity index is 1860. The lowest BCUT2D eigenvalue weighted by atomic mass is 9.86. The molecule has 0 saturated heterocycles. The second-order valence-corrected chi connectivity index (χ2v) is 11.0. The zero-order valence-electron chi connectivity index (χ0n) is 19.8. The molecule has 1 aliphatic carbocycles. The molecule has 0 unspecified atom stereocenters. The highest BCUT2D eigenvalue weighted by molar-refractivity contribution is 7.86. The van der Waals surface area contributed by atoms with Crippen LogP contribution in [0.3, 0.4) is 0 Å². The monoisotopic (exact) mass is 537 g/mol. The van der Waals surface area contributed by atoms with E-state index in [2.05, 4.69) is 4.98 Å². The molecule has 0 aliphatic heterocycles. The molecule has 0 saturated carbocycles. The smallest absolute Gasteiger partial charge is 0.346 e. The van der Waals surface area contributed by atoms with Gasteiger partial charge < -0.3 is 9.15 Å². The molecule has 0 bridgehead atoms. The van der Waals surface area contributed by atoms with Gasteiger partial charge in [0.15, 0.2) is 11.6 Å². The van der Waals surface area contributed by atoms with Crippen LogP contribution in [0.4, 0.5) is 0 Å². The standard InChI is InChI=1S/C26H19NO8S2/c1-12-13(2)24(29)17(14(3)23(12)28)11-34-20-10-19-15(9-22(20)37(31,32)33)8-16(26(30)35-19)25-27-18-6-4-5-7-21(18)36-25/h4-10H,11H2,1-3H3,(H,31,32,33). The van der Waals surface area contributed by atoms with Crippen LogP contribution in [0.25, 0.3) is 31.8 Å². The summed E-state index contributed by atoms with van der Waals surface area (Å²) < 4.78 is 46.2. The number of nitrogens with zero attached hydrogens (tertiary/aromatic N) is 1. The predicted molar refractivity (Wildman–Crippen MR) is 137 cm³/mol. The normalized spacial score (nSPS) is 14.8. The van der Waals surface area contributed by atoms with Gasteiger partial charge >= 0.3 is 5.63 Å². The zero-order valence-corrected chi connectivity index (χ0v) is 21.5. The number of hydrogen-bond donors (Lipinski definition) is 1. The van der Waals surface area contributed by atoms with Gasteiger partial charge in [0.1, 0.15) is 27.8 Å². The summed E-state index contributed by atoms with van der Waals surface area (Å²) in [6.45, 7) is 4.14. The van der Waals surface area contributed by atoms with E-state index in [1.807, 2.05) is 18.2 Å². The van der Waals surface area contributed by atoms with Crippen molar-refractivity contribution < 1.29 is 31.7 Å². The van der Waals surface area contributed by atoms with E-state index in [1.165, 1.54) is 31.3 Å². The number of hydrogen-bond acceptors (Lipinski definition) is 9. The van der Waals surface area contributed by atoms with Crippen LogP contribution in [-0.2, 0) is 19.7 Å². The fourth-order valence-electron chi connectivity index (χ4n) is 4.06. The Kier molecular flexibility index (Phi) is 5.94. The first-order valence-electron chi connectivity index (χ1n) is 11.0. The largest absolute Gasteiger partial charge is 0.487 e. The Morgan fingerprint density at radius 2 is 1.68 bits per heavy atom. The molecule has 188 valence electrons. The van der Waals surface area contributed by atoms with Gasteiger partial charge in [0.2, 0.25) is 0 Å².